The summed E-state index contributed by atoms with van der Waals surface area (Å²) < 4.78 is 0. The number of anilines is 1. The minimum Gasteiger partial charge on any atom is -0.371 e. The zero-order valence-corrected chi connectivity index (χ0v) is 20.4. The van der Waals surface area contributed by atoms with Crippen LogP contribution in [-0.4, -0.2) is 44.2 Å². The van der Waals surface area contributed by atoms with Gasteiger partial charge in [-0.25, -0.2) is 4.85 Å². The molecule has 0 aromatic heterocycles. The highest BCUT2D eigenvalue weighted by molar-refractivity contribution is 5.56. The average Bonchev–Trinajstić information content (AvgIpc) is 3.42. The smallest absolute Gasteiger partial charge is 0.187 e. The summed E-state index contributed by atoms with van der Waals surface area (Å²) in [7, 11) is 0. The summed E-state index contributed by atoms with van der Waals surface area (Å²) in [5.41, 5.74) is 5.60. The highest BCUT2D eigenvalue weighted by Crippen LogP contribution is 2.52. The number of hydrogen-bond acceptors (Lipinski definition) is 3. The molecule has 3 fully saturated rings. The lowest BCUT2D eigenvalue weighted by Crippen LogP contribution is -2.56. The Bertz CT molecular complexity index is 1020. The van der Waals surface area contributed by atoms with E-state index in [0.29, 0.717) is 5.41 Å². The molecule has 1 unspecified atom stereocenters. The Hall–Kier alpha value is -2.35. The molecule has 6 rings (SSSR count). The van der Waals surface area contributed by atoms with E-state index in [2.05, 4.69) is 56.4 Å². The lowest BCUT2D eigenvalue weighted by atomic mass is 9.57. The van der Waals surface area contributed by atoms with E-state index in [9.17, 15) is 0 Å². The molecular formula is C30H38N4. The molecule has 1 aliphatic carbocycles. The lowest BCUT2D eigenvalue weighted by molar-refractivity contribution is 0.0705. The number of hydrogen-bond donors (Lipinski definition) is 1. The van der Waals surface area contributed by atoms with Gasteiger partial charge in [0.2, 0.25) is 0 Å². The fourth-order valence-corrected chi connectivity index (χ4v) is 7.76. The molecule has 0 spiro atoms. The molecule has 4 nitrogen and oxygen atoms in total. The summed E-state index contributed by atoms with van der Waals surface area (Å²) >= 11 is 0. The molecule has 2 aromatic carbocycles. The standard InChI is InChI=1S/C30H38N4/c1-31-27-10-12-28(13-11-27)34-20-23(21-34)19-33-16-14-26(15-17-33)30(25-7-3-4-8-25)22-32-18-24-6-2-5-9-29(24)30/h2,5-6,9-13,23,25-26,32H,3-4,7-8,14-22H2. The van der Waals surface area contributed by atoms with E-state index in [1.807, 2.05) is 12.1 Å². The maximum atomic E-state index is 7.13. The van der Waals surface area contributed by atoms with Crippen molar-refractivity contribution in [2.24, 2.45) is 17.8 Å². The minimum atomic E-state index is 0.349. The Morgan fingerprint density at radius 1 is 0.912 bits per heavy atom. The predicted octanol–water partition coefficient (Wildman–Crippen LogP) is 5.62. The molecule has 178 valence electrons. The van der Waals surface area contributed by atoms with E-state index >= 15 is 0 Å². The van der Waals surface area contributed by atoms with Crippen molar-refractivity contribution in [3.8, 4) is 0 Å². The second-order valence-electron chi connectivity index (χ2n) is 11.3. The Labute approximate surface area is 205 Å². The van der Waals surface area contributed by atoms with Gasteiger partial charge in [-0.1, -0.05) is 49.2 Å². The molecule has 0 radical (unpaired) electrons. The van der Waals surface area contributed by atoms with Gasteiger partial charge in [0.25, 0.3) is 0 Å². The summed E-state index contributed by atoms with van der Waals surface area (Å²) in [6.45, 7) is 15.4. The van der Waals surface area contributed by atoms with Gasteiger partial charge in [0.1, 0.15) is 0 Å². The first-order valence-electron chi connectivity index (χ1n) is 13.5. The maximum absolute atomic E-state index is 7.13. The van der Waals surface area contributed by atoms with E-state index in [1.54, 1.807) is 11.1 Å². The highest BCUT2D eigenvalue weighted by atomic mass is 15.2. The van der Waals surface area contributed by atoms with Gasteiger partial charge < -0.3 is 15.1 Å². The zero-order valence-electron chi connectivity index (χ0n) is 20.4. The molecule has 2 saturated heterocycles. The molecule has 1 saturated carbocycles. The number of benzene rings is 2. The molecule has 1 atom stereocenters. The van der Waals surface area contributed by atoms with E-state index in [4.69, 9.17) is 6.57 Å². The van der Waals surface area contributed by atoms with Gasteiger partial charge >= 0.3 is 0 Å². The van der Waals surface area contributed by atoms with Gasteiger partial charge in [0, 0.05) is 49.7 Å². The van der Waals surface area contributed by atoms with Gasteiger partial charge in [-0.15, -0.1) is 0 Å². The molecule has 1 N–H and O–H groups in total. The van der Waals surface area contributed by atoms with Crippen LogP contribution in [0.25, 0.3) is 4.85 Å². The zero-order chi connectivity index (χ0) is 23.0. The first-order valence-corrected chi connectivity index (χ1v) is 13.5. The van der Waals surface area contributed by atoms with Crippen LogP contribution in [0.4, 0.5) is 11.4 Å². The highest BCUT2D eigenvalue weighted by Gasteiger charge is 2.50. The lowest BCUT2D eigenvalue weighted by Gasteiger charge is -2.52. The molecule has 3 heterocycles. The van der Waals surface area contributed by atoms with Gasteiger partial charge in [-0.2, -0.15) is 0 Å². The summed E-state index contributed by atoms with van der Waals surface area (Å²) in [4.78, 5) is 8.73. The van der Waals surface area contributed by atoms with E-state index < -0.39 is 0 Å². The topological polar surface area (TPSA) is 22.9 Å². The van der Waals surface area contributed by atoms with E-state index in [1.165, 1.54) is 70.4 Å². The first kappa shape index (κ1) is 22.1. The Morgan fingerprint density at radius 2 is 1.62 bits per heavy atom. The fourth-order valence-electron chi connectivity index (χ4n) is 7.76. The number of likely N-dealkylation sites (tertiary alicyclic amines) is 1. The van der Waals surface area contributed by atoms with Gasteiger partial charge in [-0.3, -0.25) is 0 Å². The van der Waals surface area contributed by atoms with Crippen LogP contribution >= 0.6 is 0 Å². The summed E-state index contributed by atoms with van der Waals surface area (Å²) in [5.74, 6) is 2.44. The molecule has 34 heavy (non-hydrogen) atoms. The monoisotopic (exact) mass is 454 g/mol. The largest absolute Gasteiger partial charge is 0.371 e. The van der Waals surface area contributed by atoms with Crippen molar-refractivity contribution < 1.29 is 0 Å². The Kier molecular flexibility index (Phi) is 6.09. The quantitative estimate of drug-likeness (QED) is 0.593. The molecule has 4 heteroatoms. The number of rotatable bonds is 5. The maximum Gasteiger partial charge on any atom is 0.187 e. The summed E-state index contributed by atoms with van der Waals surface area (Å²) in [5, 5.41) is 3.86. The van der Waals surface area contributed by atoms with Crippen LogP contribution in [0.5, 0.6) is 0 Å². The van der Waals surface area contributed by atoms with Crippen molar-refractivity contribution in [2.45, 2.75) is 50.5 Å². The average molecular weight is 455 g/mol. The summed E-state index contributed by atoms with van der Waals surface area (Å²) in [6, 6.07) is 17.5. The van der Waals surface area contributed by atoms with Crippen molar-refractivity contribution in [1.82, 2.24) is 10.2 Å². The number of nitrogens with one attached hydrogen (secondary N) is 1. The second kappa shape index (κ2) is 9.36. The van der Waals surface area contributed by atoms with Crippen LogP contribution in [0.3, 0.4) is 0 Å². The number of nitrogens with zero attached hydrogens (tertiary/aromatic N) is 3. The SMILES string of the molecule is [C-]#[N+]c1ccc(N2CC(CN3CCC(C4(C5CCCC5)CNCc5ccccc54)CC3)C2)cc1. The first-order chi connectivity index (χ1) is 16.8. The van der Waals surface area contributed by atoms with Crippen LogP contribution in [0.1, 0.15) is 49.7 Å². The van der Waals surface area contributed by atoms with Crippen molar-refractivity contribution in [2.75, 3.05) is 44.2 Å². The molecule has 0 amide bonds. The van der Waals surface area contributed by atoms with E-state index in [0.717, 1.165) is 43.1 Å². The Morgan fingerprint density at radius 3 is 2.35 bits per heavy atom. The fraction of sp³-hybridized carbons (Fsp3) is 0.567. The molecule has 4 aliphatic rings. The van der Waals surface area contributed by atoms with Crippen molar-refractivity contribution >= 4 is 11.4 Å². The number of piperidine rings is 1. The minimum absolute atomic E-state index is 0.349. The van der Waals surface area contributed by atoms with E-state index in [-0.39, 0.29) is 0 Å². The van der Waals surface area contributed by atoms with Gasteiger partial charge in [0.15, 0.2) is 5.69 Å². The van der Waals surface area contributed by atoms with Crippen LogP contribution in [0.2, 0.25) is 0 Å². The predicted molar refractivity (Wildman–Crippen MR) is 139 cm³/mol. The number of fused-ring (bicyclic) bond motifs is 1. The third-order valence-corrected chi connectivity index (χ3v) is 9.47. The Balaban J connectivity index is 1.09. The van der Waals surface area contributed by atoms with Crippen LogP contribution in [0.15, 0.2) is 48.5 Å². The van der Waals surface area contributed by atoms with Crippen molar-refractivity contribution in [1.29, 1.82) is 0 Å². The normalized spacial score (nSPS) is 26.7. The molecular weight excluding hydrogens is 416 g/mol. The third-order valence-electron chi connectivity index (χ3n) is 9.47. The van der Waals surface area contributed by atoms with Crippen LogP contribution < -0.4 is 10.2 Å². The molecule has 2 aromatic rings. The summed E-state index contributed by atoms with van der Waals surface area (Å²) in [6.07, 6.45) is 8.39. The van der Waals surface area contributed by atoms with Crippen molar-refractivity contribution in [3.05, 3.63) is 71.1 Å². The van der Waals surface area contributed by atoms with Crippen LogP contribution in [-0.2, 0) is 12.0 Å². The van der Waals surface area contributed by atoms with Crippen molar-refractivity contribution in [3.63, 3.8) is 0 Å². The van der Waals surface area contributed by atoms with Gasteiger partial charge in [0.05, 0.1) is 6.57 Å². The molecule has 3 aliphatic heterocycles. The second-order valence-corrected chi connectivity index (χ2v) is 11.3. The van der Waals surface area contributed by atoms with Crippen LogP contribution in [0, 0.1) is 24.3 Å². The van der Waals surface area contributed by atoms with Gasteiger partial charge in [-0.05, 0) is 73.9 Å². The third kappa shape index (κ3) is 3.93. The molecule has 0 bridgehead atoms.